The van der Waals surface area contributed by atoms with Crippen LogP contribution in [0.15, 0.2) is 58.4 Å². The maximum absolute atomic E-state index is 11.8. The highest BCUT2D eigenvalue weighted by atomic mass is 127. The van der Waals surface area contributed by atoms with Crippen LogP contribution < -0.4 is 16.2 Å². The standard InChI is InChI=1S/C20H26N4O.HI/c1-3-21-20(23-18-12-15(18)2)22-13-16-7-9-17(10-8-16)14-24-11-5-4-6-19(24)25;/h4-11,15,18H,3,12-14H2,1-2H3,(H2,21,22,23);1H. The molecule has 2 atom stereocenters. The van der Waals surface area contributed by atoms with Gasteiger partial charge in [0.1, 0.15) is 0 Å². The molecule has 1 aliphatic carbocycles. The van der Waals surface area contributed by atoms with Gasteiger partial charge in [-0.15, -0.1) is 24.0 Å². The number of benzene rings is 1. The van der Waals surface area contributed by atoms with Gasteiger partial charge >= 0.3 is 0 Å². The molecule has 1 heterocycles. The average molecular weight is 466 g/mol. The van der Waals surface area contributed by atoms with Crippen LogP contribution in [0, 0.1) is 5.92 Å². The molecule has 5 nitrogen and oxygen atoms in total. The molecule has 0 aliphatic heterocycles. The summed E-state index contributed by atoms with van der Waals surface area (Å²) in [5.41, 5.74) is 2.29. The monoisotopic (exact) mass is 466 g/mol. The number of rotatable bonds is 6. The van der Waals surface area contributed by atoms with Crippen LogP contribution in [0.5, 0.6) is 0 Å². The molecule has 1 fully saturated rings. The molecule has 0 bridgehead atoms. The van der Waals surface area contributed by atoms with Gasteiger partial charge in [0.2, 0.25) is 0 Å². The van der Waals surface area contributed by atoms with E-state index in [1.54, 1.807) is 16.7 Å². The van der Waals surface area contributed by atoms with E-state index in [9.17, 15) is 4.79 Å². The van der Waals surface area contributed by atoms with Crippen LogP contribution in [0.25, 0.3) is 0 Å². The number of halogens is 1. The Morgan fingerprint density at radius 3 is 2.50 bits per heavy atom. The second-order valence-electron chi connectivity index (χ2n) is 6.64. The van der Waals surface area contributed by atoms with Crippen molar-refractivity contribution in [2.24, 2.45) is 10.9 Å². The van der Waals surface area contributed by atoms with E-state index in [1.807, 2.05) is 12.3 Å². The van der Waals surface area contributed by atoms with Gasteiger partial charge in [-0.3, -0.25) is 4.79 Å². The molecule has 140 valence electrons. The van der Waals surface area contributed by atoms with Crippen molar-refractivity contribution < 1.29 is 0 Å². The maximum atomic E-state index is 11.8. The molecule has 6 heteroatoms. The second-order valence-corrected chi connectivity index (χ2v) is 6.64. The first kappa shape index (κ1) is 20.5. The first-order valence-corrected chi connectivity index (χ1v) is 8.94. The molecule has 1 aromatic carbocycles. The summed E-state index contributed by atoms with van der Waals surface area (Å²) in [7, 11) is 0. The zero-order valence-electron chi connectivity index (χ0n) is 15.3. The van der Waals surface area contributed by atoms with Gasteiger partial charge in [-0.2, -0.15) is 0 Å². The van der Waals surface area contributed by atoms with Crippen molar-refractivity contribution >= 4 is 29.9 Å². The van der Waals surface area contributed by atoms with E-state index in [2.05, 4.69) is 53.7 Å². The molecule has 2 aromatic rings. The van der Waals surface area contributed by atoms with Crippen molar-refractivity contribution in [2.75, 3.05) is 6.54 Å². The molecule has 1 saturated carbocycles. The van der Waals surface area contributed by atoms with Crippen molar-refractivity contribution in [3.8, 4) is 0 Å². The Bertz CT molecular complexity index is 785. The van der Waals surface area contributed by atoms with E-state index in [-0.39, 0.29) is 29.5 Å². The summed E-state index contributed by atoms with van der Waals surface area (Å²) in [6.07, 6.45) is 3.03. The molecule has 2 unspecified atom stereocenters. The number of guanidine groups is 1. The topological polar surface area (TPSA) is 58.4 Å². The molecular weight excluding hydrogens is 439 g/mol. The number of nitrogens with one attached hydrogen (secondary N) is 2. The summed E-state index contributed by atoms with van der Waals surface area (Å²) >= 11 is 0. The van der Waals surface area contributed by atoms with E-state index in [4.69, 9.17) is 0 Å². The number of pyridine rings is 1. The molecule has 0 radical (unpaired) electrons. The lowest BCUT2D eigenvalue weighted by atomic mass is 10.1. The fourth-order valence-corrected chi connectivity index (χ4v) is 2.73. The Balaban J connectivity index is 0.00000243. The van der Waals surface area contributed by atoms with Crippen molar-refractivity contribution in [3.05, 3.63) is 70.1 Å². The third-order valence-corrected chi connectivity index (χ3v) is 4.47. The van der Waals surface area contributed by atoms with Crippen LogP contribution in [0.2, 0.25) is 0 Å². The lowest BCUT2D eigenvalue weighted by molar-refractivity contribution is 0.758. The Morgan fingerprint density at radius 2 is 1.88 bits per heavy atom. The van der Waals surface area contributed by atoms with Gasteiger partial charge in [-0.05, 0) is 36.5 Å². The Labute approximate surface area is 171 Å². The number of aliphatic imine (C=N–C) groups is 1. The van der Waals surface area contributed by atoms with E-state index in [0.29, 0.717) is 19.1 Å². The quantitative estimate of drug-likeness (QED) is 0.391. The maximum Gasteiger partial charge on any atom is 0.250 e. The molecular formula is C20H27IN4O. The van der Waals surface area contributed by atoms with Gasteiger partial charge in [0.05, 0.1) is 13.1 Å². The summed E-state index contributed by atoms with van der Waals surface area (Å²) < 4.78 is 1.71. The molecule has 0 amide bonds. The SMILES string of the molecule is CCNC(=NCc1ccc(Cn2ccccc2=O)cc1)NC1CC1C.I. The van der Waals surface area contributed by atoms with Gasteiger partial charge in [0.25, 0.3) is 5.56 Å². The summed E-state index contributed by atoms with van der Waals surface area (Å²) in [6, 6.07) is 14.1. The van der Waals surface area contributed by atoms with E-state index in [1.165, 1.54) is 6.42 Å². The normalized spacial score (nSPS) is 18.8. The summed E-state index contributed by atoms with van der Waals surface area (Å²) in [4.78, 5) is 16.4. The zero-order chi connectivity index (χ0) is 17.6. The number of hydrogen-bond donors (Lipinski definition) is 2. The highest BCUT2D eigenvalue weighted by Gasteiger charge is 2.33. The summed E-state index contributed by atoms with van der Waals surface area (Å²) in [5, 5.41) is 6.76. The van der Waals surface area contributed by atoms with Crippen LogP contribution >= 0.6 is 24.0 Å². The van der Waals surface area contributed by atoms with Gasteiger partial charge in [0.15, 0.2) is 5.96 Å². The molecule has 2 N–H and O–H groups in total. The van der Waals surface area contributed by atoms with Gasteiger partial charge in [-0.25, -0.2) is 4.99 Å². The summed E-state index contributed by atoms with van der Waals surface area (Å²) in [6.45, 7) is 6.42. The van der Waals surface area contributed by atoms with Crippen molar-refractivity contribution in [1.29, 1.82) is 0 Å². The lowest BCUT2D eigenvalue weighted by Gasteiger charge is -2.11. The fraction of sp³-hybridized carbons (Fsp3) is 0.400. The lowest BCUT2D eigenvalue weighted by Crippen LogP contribution is -2.39. The second kappa shape index (κ2) is 9.75. The van der Waals surface area contributed by atoms with Crippen LogP contribution in [0.4, 0.5) is 0 Å². The zero-order valence-corrected chi connectivity index (χ0v) is 17.6. The van der Waals surface area contributed by atoms with Crippen molar-refractivity contribution in [1.82, 2.24) is 15.2 Å². The number of aromatic nitrogens is 1. The van der Waals surface area contributed by atoms with E-state index >= 15 is 0 Å². The fourth-order valence-electron chi connectivity index (χ4n) is 2.73. The molecule has 1 aromatic heterocycles. The predicted octanol–water partition coefficient (Wildman–Crippen LogP) is 2.98. The average Bonchev–Trinajstić information content (AvgIpc) is 3.31. The Morgan fingerprint density at radius 1 is 1.19 bits per heavy atom. The van der Waals surface area contributed by atoms with E-state index < -0.39 is 0 Å². The minimum Gasteiger partial charge on any atom is -0.357 e. The third kappa shape index (κ3) is 5.86. The van der Waals surface area contributed by atoms with Crippen molar-refractivity contribution in [2.45, 2.75) is 39.4 Å². The first-order chi connectivity index (χ1) is 12.2. The van der Waals surface area contributed by atoms with Gasteiger partial charge < -0.3 is 15.2 Å². The number of hydrogen-bond acceptors (Lipinski definition) is 2. The van der Waals surface area contributed by atoms with Gasteiger partial charge in [0, 0.05) is 24.8 Å². The largest absolute Gasteiger partial charge is 0.357 e. The van der Waals surface area contributed by atoms with Gasteiger partial charge in [-0.1, -0.05) is 37.3 Å². The molecule has 0 saturated heterocycles. The first-order valence-electron chi connectivity index (χ1n) is 8.94. The number of nitrogens with zero attached hydrogens (tertiary/aromatic N) is 2. The highest BCUT2D eigenvalue weighted by Crippen LogP contribution is 2.28. The third-order valence-electron chi connectivity index (χ3n) is 4.47. The minimum absolute atomic E-state index is 0. The highest BCUT2D eigenvalue weighted by molar-refractivity contribution is 14.0. The molecule has 3 rings (SSSR count). The summed E-state index contributed by atoms with van der Waals surface area (Å²) in [5.74, 6) is 1.63. The van der Waals surface area contributed by atoms with E-state index in [0.717, 1.165) is 29.5 Å². The van der Waals surface area contributed by atoms with Crippen LogP contribution in [0.3, 0.4) is 0 Å². The Hall–Kier alpha value is -1.83. The van der Waals surface area contributed by atoms with Crippen molar-refractivity contribution in [3.63, 3.8) is 0 Å². The molecule has 26 heavy (non-hydrogen) atoms. The van der Waals surface area contributed by atoms with Crippen LogP contribution in [0.1, 0.15) is 31.4 Å². The molecule has 1 aliphatic rings. The molecule has 0 spiro atoms. The van der Waals surface area contributed by atoms with Crippen LogP contribution in [-0.2, 0) is 13.1 Å². The van der Waals surface area contributed by atoms with Crippen LogP contribution in [-0.4, -0.2) is 23.1 Å². The minimum atomic E-state index is 0. The smallest absolute Gasteiger partial charge is 0.250 e. The predicted molar refractivity (Wildman–Crippen MR) is 117 cm³/mol. The Kier molecular flexibility index (Phi) is 7.68.